The lowest BCUT2D eigenvalue weighted by Gasteiger charge is -2.15. The predicted octanol–water partition coefficient (Wildman–Crippen LogP) is 1.88. The molecule has 0 spiro atoms. The summed E-state index contributed by atoms with van der Waals surface area (Å²) in [7, 11) is 3.20. The number of carboxylic acid groups (broad SMARTS) is 1. The molecule has 5 heteroatoms. The number of hydrogen-bond acceptors (Lipinski definition) is 3. The molecule has 0 saturated carbocycles. The van der Waals surface area contributed by atoms with Crippen LogP contribution in [0.3, 0.4) is 0 Å². The van der Waals surface area contributed by atoms with Crippen molar-refractivity contribution in [1.82, 2.24) is 4.90 Å². The molecule has 1 rings (SSSR count). The third-order valence-electron chi connectivity index (χ3n) is 2.70. The van der Waals surface area contributed by atoms with Crippen molar-refractivity contribution >= 4 is 18.0 Å². The molecule has 19 heavy (non-hydrogen) atoms. The largest absolute Gasteiger partial charge is 0.496 e. The first-order valence-corrected chi connectivity index (χ1v) is 5.84. The van der Waals surface area contributed by atoms with Gasteiger partial charge in [-0.25, -0.2) is 4.79 Å². The van der Waals surface area contributed by atoms with Gasteiger partial charge in [-0.2, -0.15) is 0 Å². The minimum absolute atomic E-state index is 0.116. The molecule has 5 nitrogen and oxygen atoms in total. The van der Waals surface area contributed by atoms with Crippen LogP contribution in [0.1, 0.15) is 22.8 Å². The number of benzene rings is 1. The molecular weight excluding hydrogens is 246 g/mol. The van der Waals surface area contributed by atoms with E-state index >= 15 is 0 Å². The highest BCUT2D eigenvalue weighted by atomic mass is 16.5. The lowest BCUT2D eigenvalue weighted by molar-refractivity contribution is -0.131. The fourth-order valence-electron chi connectivity index (χ4n) is 1.52. The SMILES string of the molecule is CCN(C)C(=O)c1ccc(OC)c(C=CC(=O)O)c1. The summed E-state index contributed by atoms with van der Waals surface area (Å²) < 4.78 is 5.13. The van der Waals surface area contributed by atoms with Gasteiger partial charge in [-0.15, -0.1) is 0 Å². The average Bonchev–Trinajstić information content (AvgIpc) is 2.42. The Hall–Kier alpha value is -2.30. The van der Waals surface area contributed by atoms with Crippen molar-refractivity contribution in [1.29, 1.82) is 0 Å². The summed E-state index contributed by atoms with van der Waals surface area (Å²) in [5.41, 5.74) is 1.05. The van der Waals surface area contributed by atoms with Gasteiger partial charge in [0.05, 0.1) is 7.11 Å². The van der Waals surface area contributed by atoms with Gasteiger partial charge < -0.3 is 14.7 Å². The van der Waals surface area contributed by atoms with Gasteiger partial charge in [-0.1, -0.05) is 0 Å². The van der Waals surface area contributed by atoms with Gasteiger partial charge in [0.1, 0.15) is 5.75 Å². The molecule has 0 unspecified atom stereocenters. The lowest BCUT2D eigenvalue weighted by atomic mass is 10.1. The molecule has 0 fully saturated rings. The van der Waals surface area contributed by atoms with Gasteiger partial charge in [0.25, 0.3) is 5.91 Å². The van der Waals surface area contributed by atoms with Crippen molar-refractivity contribution in [3.8, 4) is 5.75 Å². The first-order chi connectivity index (χ1) is 8.99. The molecule has 0 atom stereocenters. The lowest BCUT2D eigenvalue weighted by Crippen LogP contribution is -2.26. The summed E-state index contributed by atoms with van der Waals surface area (Å²) in [6.07, 6.45) is 2.42. The molecular formula is C14H17NO4. The monoisotopic (exact) mass is 263 g/mol. The number of methoxy groups -OCH3 is 1. The predicted molar refractivity (Wildman–Crippen MR) is 72.3 cm³/mol. The number of rotatable bonds is 5. The maximum absolute atomic E-state index is 12.0. The van der Waals surface area contributed by atoms with E-state index in [2.05, 4.69) is 0 Å². The summed E-state index contributed by atoms with van der Waals surface area (Å²) >= 11 is 0. The van der Waals surface area contributed by atoms with Crippen LogP contribution in [0.25, 0.3) is 6.08 Å². The van der Waals surface area contributed by atoms with Crippen molar-refractivity contribution in [2.75, 3.05) is 20.7 Å². The van der Waals surface area contributed by atoms with E-state index in [9.17, 15) is 9.59 Å². The second kappa shape index (κ2) is 6.58. The third-order valence-corrected chi connectivity index (χ3v) is 2.70. The molecule has 1 aromatic rings. The van der Waals surface area contributed by atoms with Crippen LogP contribution in [0.4, 0.5) is 0 Å². The topological polar surface area (TPSA) is 66.8 Å². The average molecular weight is 263 g/mol. The molecule has 1 aromatic carbocycles. The summed E-state index contributed by atoms with van der Waals surface area (Å²) in [4.78, 5) is 24.1. The van der Waals surface area contributed by atoms with Crippen LogP contribution in [0.5, 0.6) is 5.75 Å². The molecule has 0 aliphatic heterocycles. The molecule has 0 aromatic heterocycles. The van der Waals surface area contributed by atoms with Gasteiger partial charge in [0.15, 0.2) is 0 Å². The number of hydrogen-bond donors (Lipinski definition) is 1. The number of nitrogens with zero attached hydrogens (tertiary/aromatic N) is 1. The van der Waals surface area contributed by atoms with Gasteiger partial charge in [-0.3, -0.25) is 4.79 Å². The smallest absolute Gasteiger partial charge is 0.328 e. The van der Waals surface area contributed by atoms with E-state index in [1.165, 1.54) is 13.2 Å². The maximum Gasteiger partial charge on any atom is 0.328 e. The maximum atomic E-state index is 12.0. The number of carboxylic acids is 1. The van der Waals surface area contributed by atoms with E-state index in [4.69, 9.17) is 9.84 Å². The number of carbonyl (C=O) groups excluding carboxylic acids is 1. The Balaban J connectivity index is 3.14. The second-order valence-electron chi connectivity index (χ2n) is 3.95. The van der Waals surface area contributed by atoms with Gasteiger partial charge >= 0.3 is 5.97 Å². The van der Waals surface area contributed by atoms with E-state index in [0.29, 0.717) is 23.4 Å². The van der Waals surface area contributed by atoms with E-state index in [-0.39, 0.29) is 5.91 Å². The van der Waals surface area contributed by atoms with E-state index < -0.39 is 5.97 Å². The Labute approximate surface area is 112 Å². The van der Waals surface area contributed by atoms with Gasteiger partial charge in [0.2, 0.25) is 0 Å². The van der Waals surface area contributed by atoms with Crippen LogP contribution in [-0.2, 0) is 4.79 Å². The van der Waals surface area contributed by atoms with E-state index in [0.717, 1.165) is 6.08 Å². The van der Waals surface area contributed by atoms with Crippen LogP contribution < -0.4 is 4.74 Å². The summed E-state index contributed by atoms with van der Waals surface area (Å²) in [6, 6.07) is 4.93. The highest BCUT2D eigenvalue weighted by Crippen LogP contribution is 2.22. The van der Waals surface area contributed by atoms with E-state index in [1.807, 2.05) is 6.92 Å². The van der Waals surface area contributed by atoms with E-state index in [1.54, 1.807) is 30.1 Å². The molecule has 1 N–H and O–H groups in total. The molecule has 1 amide bonds. The Kier molecular flexibility index (Phi) is 5.11. The molecule has 0 heterocycles. The summed E-state index contributed by atoms with van der Waals surface area (Å²) in [6.45, 7) is 2.48. The minimum Gasteiger partial charge on any atom is -0.496 e. The van der Waals surface area contributed by atoms with Crippen molar-refractivity contribution < 1.29 is 19.4 Å². The quantitative estimate of drug-likeness (QED) is 0.824. The normalized spacial score (nSPS) is 10.5. The second-order valence-corrected chi connectivity index (χ2v) is 3.95. The number of ether oxygens (including phenoxy) is 1. The summed E-state index contributed by atoms with van der Waals surface area (Å²) in [5, 5.41) is 8.64. The molecule has 0 aliphatic carbocycles. The molecule has 102 valence electrons. The zero-order chi connectivity index (χ0) is 14.4. The molecule has 0 aliphatic rings. The van der Waals surface area contributed by atoms with Crippen LogP contribution in [0.15, 0.2) is 24.3 Å². The number of carbonyl (C=O) groups is 2. The first-order valence-electron chi connectivity index (χ1n) is 5.84. The highest BCUT2D eigenvalue weighted by Gasteiger charge is 2.12. The zero-order valence-electron chi connectivity index (χ0n) is 11.2. The number of amides is 1. The van der Waals surface area contributed by atoms with Crippen molar-refractivity contribution in [2.45, 2.75) is 6.92 Å². The van der Waals surface area contributed by atoms with Crippen molar-refractivity contribution in [3.05, 3.63) is 35.4 Å². The Morgan fingerprint density at radius 1 is 1.42 bits per heavy atom. The Morgan fingerprint density at radius 3 is 2.63 bits per heavy atom. The number of aliphatic carboxylic acids is 1. The van der Waals surface area contributed by atoms with Gasteiger partial charge in [0, 0.05) is 30.8 Å². The Morgan fingerprint density at radius 2 is 2.11 bits per heavy atom. The standard InChI is InChI=1S/C14H17NO4/c1-4-15(2)14(18)11-5-7-12(19-3)10(9-11)6-8-13(16)17/h5-9H,4H2,1-3H3,(H,16,17). The third kappa shape index (κ3) is 3.84. The first kappa shape index (κ1) is 14.8. The fourth-order valence-corrected chi connectivity index (χ4v) is 1.52. The van der Waals surface area contributed by atoms with Crippen LogP contribution in [-0.4, -0.2) is 42.6 Å². The zero-order valence-corrected chi connectivity index (χ0v) is 11.2. The summed E-state index contributed by atoms with van der Waals surface area (Å²) in [5.74, 6) is -0.646. The van der Waals surface area contributed by atoms with Crippen LogP contribution in [0, 0.1) is 0 Å². The highest BCUT2D eigenvalue weighted by molar-refractivity contribution is 5.95. The van der Waals surface area contributed by atoms with Crippen LogP contribution >= 0.6 is 0 Å². The molecule has 0 bridgehead atoms. The molecule has 0 radical (unpaired) electrons. The minimum atomic E-state index is -1.05. The molecule has 0 saturated heterocycles. The van der Waals surface area contributed by atoms with Crippen LogP contribution in [0.2, 0.25) is 0 Å². The van der Waals surface area contributed by atoms with Crippen molar-refractivity contribution in [3.63, 3.8) is 0 Å². The van der Waals surface area contributed by atoms with Gasteiger partial charge in [-0.05, 0) is 31.2 Å². The van der Waals surface area contributed by atoms with Crippen molar-refractivity contribution in [2.24, 2.45) is 0 Å². The fraction of sp³-hybridized carbons (Fsp3) is 0.286. The Bertz CT molecular complexity index is 508.